The second-order valence-electron chi connectivity index (χ2n) is 1.36. The molecule has 0 bridgehead atoms. The largest absolute Gasteiger partial charge is 0.400 e. The number of nitrogens with zero attached hydrogens (tertiary/aromatic N) is 1. The van der Waals surface area contributed by atoms with E-state index in [1.54, 1.807) is 6.08 Å². The van der Waals surface area contributed by atoms with Gasteiger partial charge < -0.3 is 5.73 Å². The fourth-order valence-electron chi connectivity index (χ4n) is 0.411. The molecule has 1 heterocycles. The van der Waals surface area contributed by atoms with Crippen molar-refractivity contribution in [3.63, 3.8) is 0 Å². The van der Waals surface area contributed by atoms with E-state index in [9.17, 15) is 0 Å². The van der Waals surface area contributed by atoms with E-state index in [0.717, 1.165) is 10.3 Å². The molecule has 0 aliphatic carbocycles. The quantitative estimate of drug-likeness (QED) is 0.556. The smallest absolute Gasteiger partial charge is 0.102 e. The zero-order valence-corrected chi connectivity index (χ0v) is 5.27. The molecule has 7 heavy (non-hydrogen) atoms. The van der Waals surface area contributed by atoms with E-state index in [-0.39, 0.29) is 0 Å². The minimum Gasteiger partial charge on any atom is -0.400 e. The van der Waals surface area contributed by atoms with Crippen LogP contribution in [0, 0.1) is 0 Å². The van der Waals surface area contributed by atoms with E-state index in [1.165, 1.54) is 0 Å². The summed E-state index contributed by atoms with van der Waals surface area (Å²) in [5.41, 5.74) is 6.17. The fraction of sp³-hybridized carbons (Fsp3) is 0.250. The van der Waals surface area contributed by atoms with Crippen LogP contribution >= 0.6 is 15.9 Å². The molecule has 1 aliphatic rings. The second kappa shape index (κ2) is 1.66. The number of nitrogens with two attached hydrogens (primary N) is 1. The highest BCUT2D eigenvalue weighted by molar-refractivity contribution is 9.18. The summed E-state index contributed by atoms with van der Waals surface area (Å²) in [7, 11) is 0. The standard InChI is InChI=1S/C4H5BrN2/c5-4-1-3(6)2-7-4/h1H,2,6H2. The SMILES string of the molecule is NC1=CC(Br)=NC1. The molecule has 0 saturated heterocycles. The van der Waals surface area contributed by atoms with E-state index < -0.39 is 0 Å². The van der Waals surface area contributed by atoms with Gasteiger partial charge >= 0.3 is 0 Å². The van der Waals surface area contributed by atoms with Crippen molar-refractivity contribution < 1.29 is 0 Å². The Morgan fingerprint density at radius 2 is 2.57 bits per heavy atom. The van der Waals surface area contributed by atoms with Crippen molar-refractivity contribution in [3.05, 3.63) is 11.8 Å². The van der Waals surface area contributed by atoms with Gasteiger partial charge in [0.2, 0.25) is 0 Å². The lowest BCUT2D eigenvalue weighted by atomic mass is 10.5. The summed E-state index contributed by atoms with van der Waals surface area (Å²) in [6.07, 6.45) is 1.81. The molecular weight excluding hydrogens is 156 g/mol. The van der Waals surface area contributed by atoms with Crippen molar-refractivity contribution in [2.75, 3.05) is 6.54 Å². The van der Waals surface area contributed by atoms with Crippen molar-refractivity contribution in [1.82, 2.24) is 0 Å². The average Bonchev–Trinajstić information content (AvgIpc) is 1.87. The average molecular weight is 161 g/mol. The number of rotatable bonds is 0. The van der Waals surface area contributed by atoms with Gasteiger partial charge in [-0.3, -0.25) is 4.99 Å². The molecule has 2 nitrogen and oxygen atoms in total. The van der Waals surface area contributed by atoms with Crippen molar-refractivity contribution in [1.29, 1.82) is 0 Å². The third-order valence-electron chi connectivity index (χ3n) is 0.717. The Morgan fingerprint density at radius 1 is 1.86 bits per heavy atom. The lowest BCUT2D eigenvalue weighted by molar-refractivity contribution is 1.15. The number of allylic oxidation sites excluding steroid dienone is 1. The monoisotopic (exact) mass is 160 g/mol. The van der Waals surface area contributed by atoms with Crippen LogP contribution in [0.15, 0.2) is 16.8 Å². The first-order valence-corrected chi connectivity index (χ1v) is 2.74. The Kier molecular flexibility index (Phi) is 1.15. The van der Waals surface area contributed by atoms with Crippen molar-refractivity contribution in [2.24, 2.45) is 10.7 Å². The summed E-state index contributed by atoms with van der Waals surface area (Å²) in [6, 6.07) is 0. The molecule has 0 spiro atoms. The summed E-state index contributed by atoms with van der Waals surface area (Å²) >= 11 is 3.17. The fourth-order valence-corrected chi connectivity index (χ4v) is 0.831. The highest BCUT2D eigenvalue weighted by atomic mass is 79.9. The van der Waals surface area contributed by atoms with Gasteiger partial charge in [0.25, 0.3) is 0 Å². The van der Waals surface area contributed by atoms with Crippen LogP contribution in [-0.2, 0) is 0 Å². The zero-order chi connectivity index (χ0) is 5.28. The summed E-state index contributed by atoms with van der Waals surface area (Å²) in [4.78, 5) is 3.93. The number of hydrogen-bond donors (Lipinski definition) is 1. The Morgan fingerprint density at radius 3 is 2.71 bits per heavy atom. The molecule has 0 aromatic heterocycles. The lowest BCUT2D eigenvalue weighted by Gasteiger charge is -1.79. The van der Waals surface area contributed by atoms with Gasteiger partial charge in [0.15, 0.2) is 0 Å². The molecule has 0 atom stereocenters. The van der Waals surface area contributed by atoms with Crippen molar-refractivity contribution in [3.8, 4) is 0 Å². The van der Waals surface area contributed by atoms with Crippen LogP contribution in [0.1, 0.15) is 0 Å². The second-order valence-corrected chi connectivity index (χ2v) is 2.17. The van der Waals surface area contributed by atoms with Crippen LogP contribution < -0.4 is 5.73 Å². The maximum Gasteiger partial charge on any atom is 0.102 e. The predicted molar refractivity (Wildman–Crippen MR) is 33.5 cm³/mol. The molecule has 0 aromatic carbocycles. The molecule has 0 fully saturated rings. The number of hydrogen-bond acceptors (Lipinski definition) is 2. The van der Waals surface area contributed by atoms with Gasteiger partial charge in [0.1, 0.15) is 4.62 Å². The zero-order valence-electron chi connectivity index (χ0n) is 3.69. The summed E-state index contributed by atoms with van der Waals surface area (Å²) < 4.78 is 0.852. The molecular formula is C4H5BrN2. The molecule has 1 aliphatic heterocycles. The molecule has 1 rings (SSSR count). The van der Waals surface area contributed by atoms with E-state index in [1.807, 2.05) is 0 Å². The number of aliphatic imine (C=N–C) groups is 1. The molecule has 0 unspecified atom stereocenters. The van der Waals surface area contributed by atoms with E-state index in [4.69, 9.17) is 5.73 Å². The van der Waals surface area contributed by atoms with Gasteiger partial charge in [0.05, 0.1) is 6.54 Å². The maximum atomic E-state index is 5.34. The maximum absolute atomic E-state index is 5.34. The minimum atomic E-state index is 0.653. The van der Waals surface area contributed by atoms with Crippen LogP contribution in [0.25, 0.3) is 0 Å². The van der Waals surface area contributed by atoms with E-state index >= 15 is 0 Å². The Balaban J connectivity index is 2.69. The molecule has 0 radical (unpaired) electrons. The van der Waals surface area contributed by atoms with Gasteiger partial charge in [-0.2, -0.15) is 0 Å². The first-order valence-electron chi connectivity index (χ1n) is 1.95. The highest BCUT2D eigenvalue weighted by Gasteiger charge is 1.98. The van der Waals surface area contributed by atoms with E-state index in [0.29, 0.717) is 6.54 Å². The van der Waals surface area contributed by atoms with Crippen LogP contribution in [-0.4, -0.2) is 11.2 Å². The number of halogens is 1. The first-order chi connectivity index (χ1) is 3.29. The predicted octanol–water partition coefficient (Wildman–Crippen LogP) is 0.636. The molecule has 0 saturated carbocycles. The van der Waals surface area contributed by atoms with Gasteiger partial charge in [0, 0.05) is 5.70 Å². The van der Waals surface area contributed by atoms with Gasteiger partial charge in [-0.15, -0.1) is 0 Å². The molecule has 0 amide bonds. The summed E-state index contributed by atoms with van der Waals surface area (Å²) in [6.45, 7) is 0.653. The normalized spacial score (nSPS) is 19.0. The van der Waals surface area contributed by atoms with Crippen molar-refractivity contribution >= 4 is 20.6 Å². The summed E-state index contributed by atoms with van der Waals surface area (Å²) in [5.74, 6) is 0. The van der Waals surface area contributed by atoms with Gasteiger partial charge in [-0.05, 0) is 22.0 Å². The van der Waals surface area contributed by atoms with E-state index in [2.05, 4.69) is 20.9 Å². The molecule has 38 valence electrons. The Bertz CT molecular complexity index is 137. The third kappa shape index (κ3) is 1.03. The topological polar surface area (TPSA) is 38.4 Å². The van der Waals surface area contributed by atoms with Crippen molar-refractivity contribution in [2.45, 2.75) is 0 Å². The molecule has 2 N–H and O–H groups in total. The van der Waals surface area contributed by atoms with Crippen LogP contribution in [0.5, 0.6) is 0 Å². The first kappa shape index (κ1) is 4.84. The molecule has 0 aromatic rings. The van der Waals surface area contributed by atoms with Gasteiger partial charge in [-0.25, -0.2) is 0 Å². The third-order valence-corrected chi connectivity index (χ3v) is 1.20. The minimum absolute atomic E-state index is 0.653. The van der Waals surface area contributed by atoms with Crippen LogP contribution in [0.3, 0.4) is 0 Å². The Hall–Kier alpha value is -0.310. The van der Waals surface area contributed by atoms with Gasteiger partial charge in [-0.1, -0.05) is 0 Å². The Labute approximate surface area is 50.2 Å². The highest BCUT2D eigenvalue weighted by Crippen LogP contribution is 2.02. The van der Waals surface area contributed by atoms with Crippen LogP contribution in [0.4, 0.5) is 0 Å². The van der Waals surface area contributed by atoms with Crippen LogP contribution in [0.2, 0.25) is 0 Å². The lowest BCUT2D eigenvalue weighted by Crippen LogP contribution is -1.95. The summed E-state index contributed by atoms with van der Waals surface area (Å²) in [5, 5.41) is 0. The molecule has 3 heteroatoms.